The molecule has 0 radical (unpaired) electrons. The first-order chi connectivity index (χ1) is 7.40. The molecule has 3 nitrogen and oxygen atoms in total. The molecular formula is C13H30O3. The molecule has 0 rings (SSSR count). The summed E-state index contributed by atoms with van der Waals surface area (Å²) in [5.41, 5.74) is 0. The molecule has 16 heavy (non-hydrogen) atoms. The summed E-state index contributed by atoms with van der Waals surface area (Å²) < 4.78 is 10.3. The van der Waals surface area contributed by atoms with E-state index >= 15 is 0 Å². The molecule has 0 saturated heterocycles. The highest BCUT2D eigenvalue weighted by molar-refractivity contribution is 4.41. The molecule has 0 fully saturated rings. The van der Waals surface area contributed by atoms with Gasteiger partial charge in [0, 0.05) is 6.61 Å². The molecule has 100 valence electrons. The van der Waals surface area contributed by atoms with Gasteiger partial charge in [-0.3, -0.25) is 0 Å². The highest BCUT2D eigenvalue weighted by Gasteiger charge is 1.94. The molecule has 3 heteroatoms. The number of unbranched alkanes of at least 4 members (excludes halogenated alkanes) is 1. The fourth-order valence-corrected chi connectivity index (χ4v) is 1.04. The Morgan fingerprint density at radius 3 is 1.75 bits per heavy atom. The van der Waals surface area contributed by atoms with Crippen LogP contribution in [0.5, 0.6) is 0 Å². The van der Waals surface area contributed by atoms with Gasteiger partial charge < -0.3 is 14.6 Å². The highest BCUT2D eigenvalue weighted by atomic mass is 16.5. The summed E-state index contributed by atoms with van der Waals surface area (Å²) in [6, 6.07) is 0. The number of ether oxygens (including phenoxy) is 2. The normalized spacial score (nSPS) is 12.6. The second-order valence-electron chi connectivity index (χ2n) is 4.51. The lowest BCUT2D eigenvalue weighted by Crippen LogP contribution is -2.10. The van der Waals surface area contributed by atoms with Crippen LogP contribution >= 0.6 is 0 Å². The van der Waals surface area contributed by atoms with Gasteiger partial charge in [-0.2, -0.15) is 0 Å². The summed E-state index contributed by atoms with van der Waals surface area (Å²) in [6.45, 7) is 13.3. The van der Waals surface area contributed by atoms with Crippen molar-refractivity contribution < 1.29 is 14.6 Å². The second-order valence-corrected chi connectivity index (χ2v) is 4.51. The zero-order valence-electron chi connectivity index (χ0n) is 11.8. The third-order valence-corrected chi connectivity index (χ3v) is 1.55. The van der Waals surface area contributed by atoms with E-state index in [2.05, 4.69) is 6.92 Å². The van der Waals surface area contributed by atoms with Crippen LogP contribution in [0.15, 0.2) is 0 Å². The van der Waals surface area contributed by atoms with Crippen molar-refractivity contribution in [1.29, 1.82) is 0 Å². The van der Waals surface area contributed by atoms with E-state index in [9.17, 15) is 0 Å². The lowest BCUT2D eigenvalue weighted by Gasteiger charge is -2.09. The molecule has 1 unspecified atom stereocenters. The Kier molecular flexibility index (Phi) is 14.8. The van der Waals surface area contributed by atoms with Gasteiger partial charge in [-0.05, 0) is 41.0 Å². The molecule has 0 heterocycles. The molecule has 0 aromatic heterocycles. The number of aliphatic hydroxyl groups excluding tert-OH is 1. The van der Waals surface area contributed by atoms with E-state index in [-0.39, 0.29) is 6.10 Å². The van der Waals surface area contributed by atoms with E-state index in [1.165, 1.54) is 0 Å². The van der Waals surface area contributed by atoms with Crippen LogP contribution in [0.2, 0.25) is 0 Å². The lowest BCUT2D eigenvalue weighted by molar-refractivity contribution is 0.0300. The minimum Gasteiger partial charge on any atom is -0.391 e. The molecule has 0 bridgehead atoms. The second kappa shape index (κ2) is 12.9. The van der Waals surface area contributed by atoms with Crippen LogP contribution in [-0.4, -0.2) is 36.6 Å². The van der Waals surface area contributed by atoms with Gasteiger partial charge in [0.05, 0.1) is 24.9 Å². The summed E-state index contributed by atoms with van der Waals surface area (Å²) in [5, 5.41) is 8.73. The van der Waals surface area contributed by atoms with Crippen LogP contribution < -0.4 is 0 Å². The van der Waals surface area contributed by atoms with E-state index in [1.807, 2.05) is 27.7 Å². The molecule has 0 aliphatic heterocycles. The van der Waals surface area contributed by atoms with E-state index < -0.39 is 0 Å². The van der Waals surface area contributed by atoms with Crippen molar-refractivity contribution in [1.82, 2.24) is 0 Å². The first kappa shape index (κ1) is 18.3. The Labute approximate surface area is 101 Å². The maximum Gasteiger partial charge on any atom is 0.0745 e. The molecule has 1 atom stereocenters. The standard InChI is InChI=1S/C7H16O2.C6H14O/c1-3-4-5-9-6-7(2)8;1-5(2)7-6(3)4/h7-8H,3-6H2,1-2H3;5-6H,1-4H3. The van der Waals surface area contributed by atoms with Crippen molar-refractivity contribution in [3.63, 3.8) is 0 Å². The first-order valence-electron chi connectivity index (χ1n) is 6.31. The lowest BCUT2D eigenvalue weighted by atomic mass is 10.4. The minimum absolute atomic E-state index is 0.318. The average molecular weight is 234 g/mol. The van der Waals surface area contributed by atoms with Gasteiger partial charge in [0.25, 0.3) is 0 Å². The van der Waals surface area contributed by atoms with Crippen molar-refractivity contribution in [3.05, 3.63) is 0 Å². The summed E-state index contributed by atoms with van der Waals surface area (Å²) in [4.78, 5) is 0. The first-order valence-corrected chi connectivity index (χ1v) is 6.31. The highest BCUT2D eigenvalue weighted by Crippen LogP contribution is 1.93. The molecule has 0 aromatic rings. The van der Waals surface area contributed by atoms with Gasteiger partial charge in [-0.25, -0.2) is 0 Å². The summed E-state index contributed by atoms with van der Waals surface area (Å²) in [7, 11) is 0. The Bertz CT molecular complexity index is 116. The van der Waals surface area contributed by atoms with Crippen molar-refractivity contribution in [2.24, 2.45) is 0 Å². The van der Waals surface area contributed by atoms with Gasteiger partial charge in [-0.1, -0.05) is 13.3 Å². The van der Waals surface area contributed by atoms with Crippen molar-refractivity contribution >= 4 is 0 Å². The van der Waals surface area contributed by atoms with Crippen LogP contribution in [0.3, 0.4) is 0 Å². The molecule has 0 amide bonds. The molecule has 0 aliphatic rings. The number of hydrogen-bond donors (Lipinski definition) is 1. The maximum absolute atomic E-state index is 8.73. The smallest absolute Gasteiger partial charge is 0.0745 e. The maximum atomic E-state index is 8.73. The van der Waals surface area contributed by atoms with Crippen LogP contribution in [0.4, 0.5) is 0 Å². The third kappa shape index (κ3) is 23.6. The van der Waals surface area contributed by atoms with E-state index in [4.69, 9.17) is 14.6 Å². The summed E-state index contributed by atoms with van der Waals surface area (Å²) in [6.07, 6.45) is 2.67. The average Bonchev–Trinajstić information content (AvgIpc) is 2.11. The Balaban J connectivity index is 0. The van der Waals surface area contributed by atoms with Gasteiger partial charge in [0.15, 0.2) is 0 Å². The number of rotatable bonds is 7. The Hall–Kier alpha value is -0.120. The molecule has 0 aliphatic carbocycles. The third-order valence-electron chi connectivity index (χ3n) is 1.55. The Morgan fingerprint density at radius 2 is 1.50 bits per heavy atom. The zero-order valence-corrected chi connectivity index (χ0v) is 11.8. The molecule has 1 N–H and O–H groups in total. The SMILES string of the molecule is CC(C)OC(C)C.CCCCOCC(C)O. The largest absolute Gasteiger partial charge is 0.391 e. The van der Waals surface area contributed by atoms with Gasteiger partial charge in [0.2, 0.25) is 0 Å². The van der Waals surface area contributed by atoms with Crippen molar-refractivity contribution in [2.75, 3.05) is 13.2 Å². The molecule has 0 aromatic carbocycles. The van der Waals surface area contributed by atoms with Gasteiger partial charge in [-0.15, -0.1) is 0 Å². The molecular weight excluding hydrogens is 204 g/mol. The predicted octanol–water partition coefficient (Wildman–Crippen LogP) is 3.00. The number of aliphatic hydroxyl groups is 1. The van der Waals surface area contributed by atoms with Crippen LogP contribution in [0, 0.1) is 0 Å². The summed E-state index contributed by atoms with van der Waals surface area (Å²) in [5.74, 6) is 0. The van der Waals surface area contributed by atoms with Gasteiger partial charge >= 0.3 is 0 Å². The minimum atomic E-state index is -0.318. The fraction of sp³-hybridized carbons (Fsp3) is 1.00. The van der Waals surface area contributed by atoms with Gasteiger partial charge in [0.1, 0.15) is 0 Å². The van der Waals surface area contributed by atoms with E-state index in [0.29, 0.717) is 18.8 Å². The number of hydrogen-bond acceptors (Lipinski definition) is 3. The Morgan fingerprint density at radius 1 is 1.00 bits per heavy atom. The van der Waals surface area contributed by atoms with Crippen molar-refractivity contribution in [2.45, 2.75) is 72.7 Å². The van der Waals surface area contributed by atoms with Crippen molar-refractivity contribution in [3.8, 4) is 0 Å². The summed E-state index contributed by atoms with van der Waals surface area (Å²) >= 11 is 0. The topological polar surface area (TPSA) is 38.7 Å². The predicted molar refractivity (Wildman–Crippen MR) is 68.8 cm³/mol. The molecule has 0 spiro atoms. The van der Waals surface area contributed by atoms with Crippen LogP contribution in [0.1, 0.15) is 54.4 Å². The van der Waals surface area contributed by atoms with Crippen LogP contribution in [-0.2, 0) is 9.47 Å². The quantitative estimate of drug-likeness (QED) is 0.688. The van der Waals surface area contributed by atoms with E-state index in [1.54, 1.807) is 6.92 Å². The monoisotopic (exact) mass is 234 g/mol. The fourth-order valence-electron chi connectivity index (χ4n) is 1.04. The zero-order chi connectivity index (χ0) is 13.0. The van der Waals surface area contributed by atoms with Crippen LogP contribution in [0.25, 0.3) is 0 Å². The molecule has 0 saturated carbocycles. The van der Waals surface area contributed by atoms with E-state index in [0.717, 1.165) is 19.4 Å².